The van der Waals surface area contributed by atoms with Crippen LogP contribution in [0.15, 0.2) is 42.5 Å². The van der Waals surface area contributed by atoms with E-state index in [1.54, 1.807) is 19.2 Å². The van der Waals surface area contributed by atoms with Gasteiger partial charge in [-0.1, -0.05) is 53.5 Å². The van der Waals surface area contributed by atoms with Crippen molar-refractivity contribution in [1.29, 1.82) is 0 Å². The molecule has 0 spiro atoms. The highest BCUT2D eigenvalue weighted by molar-refractivity contribution is 6.36. The first-order valence-corrected chi connectivity index (χ1v) is 8.48. The molecule has 2 unspecified atom stereocenters. The van der Waals surface area contributed by atoms with Gasteiger partial charge in [0.2, 0.25) is 0 Å². The average Bonchev–Trinajstić information content (AvgIpc) is 3.03. The van der Waals surface area contributed by atoms with Gasteiger partial charge in [0.1, 0.15) is 5.75 Å². The number of nitrogens with one attached hydrogen (secondary N) is 2. The topological polar surface area (TPSA) is 33.3 Å². The van der Waals surface area contributed by atoms with Crippen LogP contribution in [0.1, 0.15) is 23.6 Å². The first kappa shape index (κ1) is 16.6. The van der Waals surface area contributed by atoms with Crippen molar-refractivity contribution in [3.8, 4) is 5.75 Å². The Morgan fingerprint density at radius 3 is 2.52 bits per heavy atom. The third-order valence-electron chi connectivity index (χ3n) is 4.27. The lowest BCUT2D eigenvalue weighted by Gasteiger charge is -2.22. The van der Waals surface area contributed by atoms with Crippen molar-refractivity contribution in [3.63, 3.8) is 0 Å². The zero-order valence-corrected chi connectivity index (χ0v) is 14.5. The van der Waals surface area contributed by atoms with Crippen molar-refractivity contribution in [2.45, 2.75) is 25.0 Å². The van der Waals surface area contributed by atoms with E-state index in [1.807, 2.05) is 6.07 Å². The minimum atomic E-state index is 0.312. The fraction of sp³-hybridized carbons (Fsp3) is 0.333. The number of hydrogen-bond donors (Lipinski definition) is 2. The Hall–Kier alpha value is -1.26. The zero-order chi connectivity index (χ0) is 16.2. The maximum absolute atomic E-state index is 6.33. The third kappa shape index (κ3) is 3.81. The largest absolute Gasteiger partial charge is 0.497 e. The van der Waals surface area contributed by atoms with E-state index in [0.29, 0.717) is 34.4 Å². The first-order chi connectivity index (χ1) is 11.2. The Morgan fingerprint density at radius 1 is 1.17 bits per heavy atom. The van der Waals surface area contributed by atoms with E-state index in [-0.39, 0.29) is 0 Å². The summed E-state index contributed by atoms with van der Waals surface area (Å²) in [6.07, 6.45) is 1.07. The molecule has 23 heavy (non-hydrogen) atoms. The standard InChI is InChI=1S/C18H20Cl2N2O/c1-23-13-9-15(19)14(16(20)10-13)11-22-17-7-8-21-18(17)12-5-3-2-4-6-12/h2-6,9-10,17-18,21-22H,7-8,11H2,1H3. The van der Waals surface area contributed by atoms with Crippen molar-refractivity contribution in [1.82, 2.24) is 10.6 Å². The molecule has 0 saturated carbocycles. The second kappa shape index (κ2) is 7.54. The summed E-state index contributed by atoms with van der Waals surface area (Å²) in [5, 5.41) is 8.41. The van der Waals surface area contributed by atoms with Crippen molar-refractivity contribution < 1.29 is 4.74 Å². The van der Waals surface area contributed by atoms with Gasteiger partial charge in [-0.2, -0.15) is 0 Å². The number of ether oxygens (including phenoxy) is 1. The van der Waals surface area contributed by atoms with E-state index in [1.165, 1.54) is 5.56 Å². The average molecular weight is 351 g/mol. The lowest BCUT2D eigenvalue weighted by molar-refractivity contribution is 0.414. The van der Waals surface area contributed by atoms with Crippen LogP contribution in [0.25, 0.3) is 0 Å². The summed E-state index contributed by atoms with van der Waals surface area (Å²) in [5.74, 6) is 0.674. The van der Waals surface area contributed by atoms with Gasteiger partial charge in [0.15, 0.2) is 0 Å². The molecule has 3 rings (SSSR count). The first-order valence-electron chi connectivity index (χ1n) is 7.72. The van der Waals surface area contributed by atoms with Crippen LogP contribution in [0, 0.1) is 0 Å². The lowest BCUT2D eigenvalue weighted by atomic mass is 10.0. The summed E-state index contributed by atoms with van der Waals surface area (Å²) in [5.41, 5.74) is 2.21. The van der Waals surface area contributed by atoms with E-state index < -0.39 is 0 Å². The van der Waals surface area contributed by atoms with Crippen molar-refractivity contribution in [2.75, 3.05) is 13.7 Å². The third-order valence-corrected chi connectivity index (χ3v) is 4.95. The smallest absolute Gasteiger partial charge is 0.121 e. The molecule has 1 fully saturated rings. The second-order valence-corrected chi connectivity index (χ2v) is 6.50. The Kier molecular flexibility index (Phi) is 5.44. The number of hydrogen-bond acceptors (Lipinski definition) is 3. The maximum Gasteiger partial charge on any atom is 0.121 e. The summed E-state index contributed by atoms with van der Waals surface area (Å²) >= 11 is 12.7. The summed E-state index contributed by atoms with van der Waals surface area (Å²) in [4.78, 5) is 0. The quantitative estimate of drug-likeness (QED) is 0.847. The lowest BCUT2D eigenvalue weighted by Crippen LogP contribution is -2.34. The summed E-state index contributed by atoms with van der Waals surface area (Å²) in [6.45, 7) is 1.64. The van der Waals surface area contributed by atoms with Crippen LogP contribution < -0.4 is 15.4 Å². The molecular formula is C18H20Cl2N2O. The molecule has 2 aromatic carbocycles. The molecule has 1 saturated heterocycles. The van der Waals surface area contributed by atoms with Gasteiger partial charge in [-0.25, -0.2) is 0 Å². The predicted octanol–water partition coefficient (Wildman–Crippen LogP) is 4.19. The Bertz CT molecular complexity index is 640. The van der Waals surface area contributed by atoms with Crippen LogP contribution in [-0.4, -0.2) is 19.7 Å². The van der Waals surface area contributed by atoms with Crippen LogP contribution in [0.5, 0.6) is 5.75 Å². The van der Waals surface area contributed by atoms with Crippen LogP contribution in [-0.2, 0) is 6.54 Å². The molecule has 3 nitrogen and oxygen atoms in total. The van der Waals surface area contributed by atoms with Crippen LogP contribution in [0.2, 0.25) is 10.0 Å². The van der Waals surface area contributed by atoms with Gasteiger partial charge in [-0.05, 0) is 30.7 Å². The molecule has 122 valence electrons. The van der Waals surface area contributed by atoms with Gasteiger partial charge in [0, 0.05) is 24.2 Å². The summed E-state index contributed by atoms with van der Waals surface area (Å²) in [6, 6.07) is 14.8. The molecule has 2 N–H and O–H groups in total. The predicted molar refractivity (Wildman–Crippen MR) is 95.4 cm³/mol. The number of halogens is 2. The van der Waals surface area contributed by atoms with Gasteiger partial charge in [0.25, 0.3) is 0 Å². The van der Waals surface area contributed by atoms with E-state index in [2.05, 4.69) is 34.9 Å². The van der Waals surface area contributed by atoms with Crippen molar-refractivity contribution in [3.05, 3.63) is 63.6 Å². The Morgan fingerprint density at radius 2 is 1.87 bits per heavy atom. The molecule has 5 heteroatoms. The van der Waals surface area contributed by atoms with E-state index in [0.717, 1.165) is 18.5 Å². The minimum Gasteiger partial charge on any atom is -0.497 e. The van der Waals surface area contributed by atoms with Gasteiger partial charge in [-0.15, -0.1) is 0 Å². The highest BCUT2D eigenvalue weighted by atomic mass is 35.5. The Labute approximate surface area is 146 Å². The van der Waals surface area contributed by atoms with Gasteiger partial charge in [0.05, 0.1) is 17.2 Å². The molecule has 0 aromatic heterocycles. The highest BCUT2D eigenvalue weighted by Gasteiger charge is 2.27. The second-order valence-electron chi connectivity index (χ2n) is 5.69. The summed E-state index contributed by atoms with van der Waals surface area (Å²) in [7, 11) is 1.61. The SMILES string of the molecule is COc1cc(Cl)c(CNC2CCNC2c2ccccc2)c(Cl)c1. The van der Waals surface area contributed by atoms with Crippen LogP contribution in [0.3, 0.4) is 0 Å². The van der Waals surface area contributed by atoms with Crippen LogP contribution >= 0.6 is 23.2 Å². The van der Waals surface area contributed by atoms with E-state index >= 15 is 0 Å². The number of rotatable bonds is 5. The number of benzene rings is 2. The summed E-state index contributed by atoms with van der Waals surface area (Å²) < 4.78 is 5.18. The van der Waals surface area contributed by atoms with Gasteiger partial charge in [-0.3, -0.25) is 0 Å². The monoisotopic (exact) mass is 350 g/mol. The molecule has 0 bridgehead atoms. The van der Waals surface area contributed by atoms with E-state index in [4.69, 9.17) is 27.9 Å². The molecule has 2 atom stereocenters. The molecule has 1 aliphatic heterocycles. The van der Waals surface area contributed by atoms with Crippen molar-refractivity contribution >= 4 is 23.2 Å². The molecule has 2 aromatic rings. The molecular weight excluding hydrogens is 331 g/mol. The molecule has 0 radical (unpaired) electrons. The fourth-order valence-corrected chi connectivity index (χ4v) is 3.63. The van der Waals surface area contributed by atoms with E-state index in [9.17, 15) is 0 Å². The molecule has 0 aliphatic carbocycles. The number of methoxy groups -OCH3 is 1. The normalized spacial score (nSPS) is 20.7. The zero-order valence-electron chi connectivity index (χ0n) is 13.0. The highest BCUT2D eigenvalue weighted by Crippen LogP contribution is 2.31. The van der Waals surface area contributed by atoms with Crippen molar-refractivity contribution in [2.24, 2.45) is 0 Å². The van der Waals surface area contributed by atoms with Crippen LogP contribution in [0.4, 0.5) is 0 Å². The Balaban J connectivity index is 1.71. The van der Waals surface area contributed by atoms with Gasteiger partial charge >= 0.3 is 0 Å². The fourth-order valence-electron chi connectivity index (χ4n) is 3.03. The molecule has 1 aliphatic rings. The minimum absolute atomic E-state index is 0.312. The molecule has 1 heterocycles. The maximum atomic E-state index is 6.33. The van der Waals surface area contributed by atoms with Gasteiger partial charge < -0.3 is 15.4 Å². The molecule has 0 amide bonds.